The minimum atomic E-state index is -3.72. The second kappa shape index (κ2) is 17.9. The monoisotopic (exact) mass is 592 g/mol. The lowest BCUT2D eigenvalue weighted by Crippen LogP contribution is -2.44. The van der Waals surface area contributed by atoms with Crippen molar-refractivity contribution < 1.29 is 13.2 Å². The number of amides is 2. The molecule has 2 aromatic rings. The van der Waals surface area contributed by atoms with Crippen LogP contribution in [0.2, 0.25) is 0 Å². The number of nitrogens with one attached hydrogen (secondary N) is 4. The molecule has 11 heteroatoms. The van der Waals surface area contributed by atoms with Crippen molar-refractivity contribution in [2.24, 2.45) is 11.8 Å². The maximum Gasteiger partial charge on any atom is 0.333 e. The van der Waals surface area contributed by atoms with Gasteiger partial charge in [-0.1, -0.05) is 97.4 Å². The summed E-state index contributed by atoms with van der Waals surface area (Å²) in [5, 5.41) is 3.54. The normalized spacial score (nSPS) is 13.7. The summed E-state index contributed by atoms with van der Waals surface area (Å²) in [7, 11) is -3.72. The van der Waals surface area contributed by atoms with E-state index in [-0.39, 0.29) is 29.1 Å². The molecule has 1 aromatic heterocycles. The van der Waals surface area contributed by atoms with Gasteiger partial charge in [0.05, 0.1) is 4.90 Å². The quantitative estimate of drug-likeness (QED) is 0.0992. The van der Waals surface area contributed by atoms with Crippen LogP contribution < -0.4 is 20.9 Å². The van der Waals surface area contributed by atoms with Gasteiger partial charge in [0.2, 0.25) is 5.13 Å². The molecule has 2 rings (SSSR count). The molecule has 224 valence electrons. The molecule has 1 heterocycles. The van der Waals surface area contributed by atoms with Crippen molar-refractivity contribution in [3.8, 4) is 0 Å². The average molecular weight is 593 g/mol. The third kappa shape index (κ3) is 13.1. The van der Waals surface area contributed by atoms with E-state index in [0.29, 0.717) is 16.9 Å². The Balaban J connectivity index is 1.82. The van der Waals surface area contributed by atoms with Gasteiger partial charge >= 0.3 is 6.03 Å². The first-order chi connectivity index (χ1) is 19.1. The van der Waals surface area contributed by atoms with E-state index in [1.54, 1.807) is 18.2 Å². The minimum Gasteiger partial charge on any atom is -0.334 e. The van der Waals surface area contributed by atoms with Crippen LogP contribution in [0.5, 0.6) is 0 Å². The van der Waals surface area contributed by atoms with Gasteiger partial charge in [-0.05, 0) is 43.2 Å². The Morgan fingerprint density at radius 2 is 1.60 bits per heavy atom. The number of sulfonamides is 1. The highest BCUT2D eigenvalue weighted by atomic mass is 32.2. The number of urea groups is 1. The first-order valence-corrected chi connectivity index (χ1v) is 16.8. The van der Waals surface area contributed by atoms with Crippen LogP contribution in [0.4, 0.5) is 9.93 Å². The van der Waals surface area contributed by atoms with Crippen LogP contribution in [0.1, 0.15) is 97.7 Å². The second-order valence-corrected chi connectivity index (χ2v) is 13.2. The zero-order valence-corrected chi connectivity index (χ0v) is 26.2. The fourth-order valence-electron chi connectivity index (χ4n) is 4.72. The number of anilines is 1. The molecule has 2 amide bonds. The van der Waals surface area contributed by atoms with Gasteiger partial charge < -0.3 is 5.32 Å². The number of carbonyl (C=O) groups is 1. The fraction of sp³-hybridized carbons (Fsp3) is 0.621. The predicted octanol–water partition coefficient (Wildman–Crippen LogP) is 6.78. The maximum absolute atomic E-state index is 12.7. The topological polar surface area (TPSA) is 125 Å². The average Bonchev–Trinajstić information content (AvgIpc) is 3.36. The number of hydrazine groups is 1. The number of benzene rings is 1. The highest BCUT2D eigenvalue weighted by molar-refractivity contribution is 7.89. The third-order valence-corrected chi connectivity index (χ3v) is 8.98. The van der Waals surface area contributed by atoms with Gasteiger partial charge in [0.15, 0.2) is 5.82 Å². The molecule has 3 unspecified atom stereocenters. The molecule has 0 aliphatic carbocycles. The van der Waals surface area contributed by atoms with Gasteiger partial charge in [0, 0.05) is 29.7 Å². The predicted molar refractivity (Wildman–Crippen MR) is 164 cm³/mol. The number of hydrogen-bond acceptors (Lipinski definition) is 7. The summed E-state index contributed by atoms with van der Waals surface area (Å²) < 4.78 is 31.7. The molecular weight excluding hydrogens is 544 g/mol. The summed E-state index contributed by atoms with van der Waals surface area (Å²) in [5.74, 6) is 1.80. The standard InChI is InChI=1S/C29H48N6O3S2/c1-6-13-22(3)15-11-12-16-25(20-19-23(4)14-7-2)30-28(36)32-33-29-31-27(34-39-29)21-24(5)35-40(37,38)26-17-9-8-10-18-26/h8-10,17-18,22-23,25,35H,5-7,11-16,19-21H2,1-4H3,(H2,30,32,36)(H,31,33,34). The van der Waals surface area contributed by atoms with Crippen molar-refractivity contribution in [2.45, 2.75) is 109 Å². The van der Waals surface area contributed by atoms with E-state index in [1.165, 1.54) is 50.7 Å². The van der Waals surface area contributed by atoms with Crippen LogP contribution in [-0.4, -0.2) is 29.8 Å². The molecule has 0 fully saturated rings. The molecule has 0 spiro atoms. The van der Waals surface area contributed by atoms with Gasteiger partial charge in [0.25, 0.3) is 10.0 Å². The van der Waals surface area contributed by atoms with Crippen molar-refractivity contribution in [1.29, 1.82) is 0 Å². The Morgan fingerprint density at radius 3 is 2.27 bits per heavy atom. The molecule has 1 aromatic carbocycles. The largest absolute Gasteiger partial charge is 0.334 e. The molecule has 40 heavy (non-hydrogen) atoms. The summed E-state index contributed by atoms with van der Waals surface area (Å²) in [4.78, 5) is 17.2. The van der Waals surface area contributed by atoms with Gasteiger partial charge in [0.1, 0.15) is 0 Å². The van der Waals surface area contributed by atoms with Gasteiger partial charge in [-0.3, -0.25) is 10.1 Å². The summed E-state index contributed by atoms with van der Waals surface area (Å²) >= 11 is 1.08. The Morgan fingerprint density at radius 1 is 0.950 bits per heavy atom. The smallest absolute Gasteiger partial charge is 0.333 e. The summed E-state index contributed by atoms with van der Waals surface area (Å²) in [5.41, 5.74) is 5.73. The van der Waals surface area contributed by atoms with Crippen molar-refractivity contribution in [2.75, 3.05) is 5.43 Å². The Bertz CT molecular complexity index is 1120. The number of nitrogens with zero attached hydrogens (tertiary/aromatic N) is 2. The maximum atomic E-state index is 12.7. The first kappa shape index (κ1) is 33.5. The molecule has 0 saturated carbocycles. The number of allylic oxidation sites excluding steroid dienone is 1. The number of rotatable bonds is 20. The number of unbranched alkanes of at least 4 members (excludes halogenated alkanes) is 1. The van der Waals surface area contributed by atoms with E-state index < -0.39 is 10.0 Å². The van der Waals surface area contributed by atoms with Crippen LogP contribution >= 0.6 is 11.5 Å². The second-order valence-electron chi connectivity index (χ2n) is 10.8. The SMILES string of the molecule is C=C(Cc1nsc(NNC(=O)NC(CCCCC(C)CCC)CCC(C)CCC)n1)NS(=O)(=O)c1ccccc1. The minimum absolute atomic E-state index is 0.119. The number of carbonyl (C=O) groups excluding carboxylic acids is 1. The molecule has 0 saturated heterocycles. The third-order valence-electron chi connectivity index (χ3n) is 6.86. The lowest BCUT2D eigenvalue weighted by Gasteiger charge is -2.21. The van der Waals surface area contributed by atoms with E-state index in [9.17, 15) is 13.2 Å². The summed E-state index contributed by atoms with van der Waals surface area (Å²) in [6.45, 7) is 12.8. The van der Waals surface area contributed by atoms with Crippen LogP contribution in [0.15, 0.2) is 47.5 Å². The zero-order valence-electron chi connectivity index (χ0n) is 24.5. The number of hydrogen-bond donors (Lipinski definition) is 4. The molecule has 4 N–H and O–H groups in total. The fourth-order valence-corrected chi connectivity index (χ4v) is 6.34. The zero-order chi connectivity index (χ0) is 29.4. The van der Waals surface area contributed by atoms with Gasteiger partial charge in [-0.25, -0.2) is 23.6 Å². The highest BCUT2D eigenvalue weighted by Crippen LogP contribution is 2.19. The molecule has 9 nitrogen and oxygen atoms in total. The molecule has 3 atom stereocenters. The van der Waals surface area contributed by atoms with Crippen molar-refractivity contribution in [3.63, 3.8) is 0 Å². The van der Waals surface area contributed by atoms with E-state index in [4.69, 9.17) is 0 Å². The number of aromatic nitrogens is 2. The Hall–Kier alpha value is -2.66. The van der Waals surface area contributed by atoms with Crippen molar-refractivity contribution in [3.05, 3.63) is 48.4 Å². The Labute approximate surface area is 245 Å². The van der Waals surface area contributed by atoms with Crippen LogP contribution in [0.3, 0.4) is 0 Å². The molecule has 0 bridgehead atoms. The Kier molecular flexibility index (Phi) is 15.0. The molecule has 0 aliphatic heterocycles. The van der Waals surface area contributed by atoms with Crippen LogP contribution in [0, 0.1) is 11.8 Å². The molecular formula is C29H48N6O3S2. The lowest BCUT2D eigenvalue weighted by atomic mass is 9.93. The first-order valence-electron chi connectivity index (χ1n) is 14.5. The van der Waals surface area contributed by atoms with Crippen LogP contribution in [0.25, 0.3) is 0 Å². The van der Waals surface area contributed by atoms with E-state index in [2.05, 4.69) is 64.5 Å². The van der Waals surface area contributed by atoms with E-state index >= 15 is 0 Å². The molecule has 0 radical (unpaired) electrons. The van der Waals surface area contributed by atoms with Crippen molar-refractivity contribution in [1.82, 2.24) is 24.8 Å². The van der Waals surface area contributed by atoms with Gasteiger partial charge in [-0.15, -0.1) is 0 Å². The molecule has 0 aliphatic rings. The summed E-state index contributed by atoms with van der Waals surface area (Å²) in [6.07, 6.45) is 11.6. The lowest BCUT2D eigenvalue weighted by molar-refractivity contribution is 0.235. The van der Waals surface area contributed by atoms with Gasteiger partial charge in [-0.2, -0.15) is 4.37 Å². The van der Waals surface area contributed by atoms with E-state index in [0.717, 1.165) is 43.1 Å². The summed E-state index contributed by atoms with van der Waals surface area (Å²) in [6, 6.07) is 7.91. The van der Waals surface area contributed by atoms with E-state index in [1.807, 2.05) is 0 Å². The van der Waals surface area contributed by atoms with Crippen molar-refractivity contribution >= 4 is 32.7 Å². The highest BCUT2D eigenvalue weighted by Gasteiger charge is 2.17. The van der Waals surface area contributed by atoms with Crippen LogP contribution in [-0.2, 0) is 16.4 Å².